The van der Waals surface area contributed by atoms with E-state index in [1.807, 2.05) is 5.43 Å². The van der Waals surface area contributed by atoms with E-state index in [1.54, 1.807) is 0 Å². The van der Waals surface area contributed by atoms with Gasteiger partial charge in [0.1, 0.15) is 5.84 Å². The lowest BCUT2D eigenvalue weighted by molar-refractivity contribution is -0.137. The number of halogens is 3. The van der Waals surface area contributed by atoms with Crippen LogP contribution in [0.25, 0.3) is 0 Å². The van der Waals surface area contributed by atoms with Crippen LogP contribution >= 0.6 is 0 Å². The first-order valence-electron chi connectivity index (χ1n) is 3.53. The molecule has 1 aromatic rings. The van der Waals surface area contributed by atoms with E-state index in [9.17, 15) is 13.2 Å². The highest BCUT2D eigenvalue weighted by molar-refractivity contribution is 5.97. The normalized spacial score (nSPS) is 11.1. The summed E-state index contributed by atoms with van der Waals surface area (Å²) in [5, 5.41) is 7.12. The van der Waals surface area contributed by atoms with E-state index in [1.165, 1.54) is 0 Å². The van der Waals surface area contributed by atoms with E-state index in [0.717, 1.165) is 18.5 Å². The average Bonchev–Trinajstić information content (AvgIpc) is 2.15. The molecule has 1 heterocycles. The molecule has 0 aromatic carbocycles. The number of pyridine rings is 1. The second-order valence-corrected chi connectivity index (χ2v) is 2.44. The first kappa shape index (κ1) is 10.5. The quantitative estimate of drug-likeness (QED) is 0.275. The molecule has 0 unspecified atom stereocenters. The van der Waals surface area contributed by atoms with Crippen molar-refractivity contribution in [1.82, 2.24) is 10.4 Å². The van der Waals surface area contributed by atoms with Crippen LogP contribution in [0.4, 0.5) is 13.2 Å². The molecule has 14 heavy (non-hydrogen) atoms. The molecule has 1 rings (SSSR count). The minimum absolute atomic E-state index is 0.373. The lowest BCUT2D eigenvalue weighted by Crippen LogP contribution is -2.32. The number of hydrazine groups is 1. The van der Waals surface area contributed by atoms with Gasteiger partial charge >= 0.3 is 6.18 Å². The molecule has 0 aliphatic carbocycles. The maximum atomic E-state index is 12.4. The number of nitrogens with zero attached hydrogens (tertiary/aromatic N) is 1. The Hall–Kier alpha value is -1.63. The fourth-order valence-electron chi connectivity index (χ4n) is 0.919. The van der Waals surface area contributed by atoms with Gasteiger partial charge in [0.05, 0.1) is 5.56 Å². The fourth-order valence-corrected chi connectivity index (χ4v) is 0.919. The molecule has 0 saturated carbocycles. The molecule has 4 nitrogen and oxygen atoms in total. The van der Waals surface area contributed by atoms with Crippen molar-refractivity contribution < 1.29 is 13.2 Å². The maximum Gasteiger partial charge on any atom is 0.417 e. The highest BCUT2D eigenvalue weighted by Crippen LogP contribution is 2.31. The van der Waals surface area contributed by atoms with Gasteiger partial charge in [-0.2, -0.15) is 13.2 Å². The molecular formula is C7H7F3N4. The molecule has 0 bridgehead atoms. The Balaban J connectivity index is 3.23. The van der Waals surface area contributed by atoms with Crippen LogP contribution in [0, 0.1) is 5.41 Å². The van der Waals surface area contributed by atoms with Crippen LogP contribution in [-0.2, 0) is 6.18 Å². The molecule has 0 radical (unpaired) electrons. The number of nitrogens with two attached hydrogens (primary N) is 1. The highest BCUT2D eigenvalue weighted by atomic mass is 19.4. The number of rotatable bonds is 1. The third-order valence-corrected chi connectivity index (χ3v) is 1.54. The average molecular weight is 204 g/mol. The predicted molar refractivity (Wildman–Crippen MR) is 43.4 cm³/mol. The van der Waals surface area contributed by atoms with Gasteiger partial charge in [0, 0.05) is 18.0 Å². The van der Waals surface area contributed by atoms with Crippen molar-refractivity contribution in [2.24, 2.45) is 5.84 Å². The molecule has 76 valence electrons. The van der Waals surface area contributed by atoms with E-state index >= 15 is 0 Å². The zero-order valence-electron chi connectivity index (χ0n) is 6.89. The molecular weight excluding hydrogens is 197 g/mol. The first-order chi connectivity index (χ1) is 6.46. The van der Waals surface area contributed by atoms with Crippen molar-refractivity contribution in [1.29, 1.82) is 5.41 Å². The van der Waals surface area contributed by atoms with Crippen LogP contribution in [0.3, 0.4) is 0 Å². The number of amidine groups is 1. The summed E-state index contributed by atoms with van der Waals surface area (Å²) in [6.45, 7) is 0. The van der Waals surface area contributed by atoms with Crippen molar-refractivity contribution in [3.05, 3.63) is 29.6 Å². The molecule has 0 aliphatic heterocycles. The van der Waals surface area contributed by atoms with Crippen LogP contribution < -0.4 is 11.3 Å². The Morgan fingerprint density at radius 1 is 1.50 bits per heavy atom. The molecule has 0 fully saturated rings. The van der Waals surface area contributed by atoms with Crippen molar-refractivity contribution in [3.8, 4) is 0 Å². The summed E-state index contributed by atoms with van der Waals surface area (Å²) in [5.74, 6) is 4.32. The van der Waals surface area contributed by atoms with Gasteiger partial charge in [0.15, 0.2) is 0 Å². The Morgan fingerprint density at radius 3 is 2.64 bits per heavy atom. The van der Waals surface area contributed by atoms with Gasteiger partial charge in [-0.15, -0.1) is 0 Å². The lowest BCUT2D eigenvalue weighted by Gasteiger charge is -2.11. The second kappa shape index (κ2) is 3.62. The Kier molecular flexibility index (Phi) is 2.70. The standard InChI is InChI=1S/C7H7F3N4/c8-7(9,10)5-1-2-13-3-4(5)6(11)14-12/h1-3H,12H2,(H2,11,14). The SMILES string of the molecule is N=C(NN)c1cnccc1C(F)(F)F. The van der Waals surface area contributed by atoms with Crippen LogP contribution in [0.1, 0.15) is 11.1 Å². The van der Waals surface area contributed by atoms with E-state index in [2.05, 4.69) is 4.98 Å². The minimum Gasteiger partial charge on any atom is -0.308 e. The molecule has 0 saturated heterocycles. The van der Waals surface area contributed by atoms with Gasteiger partial charge in [-0.05, 0) is 6.07 Å². The van der Waals surface area contributed by atoms with Gasteiger partial charge in [-0.3, -0.25) is 10.4 Å². The predicted octanol–water partition coefficient (Wildman–Crippen LogP) is 0.889. The number of alkyl halides is 3. The topological polar surface area (TPSA) is 74.8 Å². The van der Waals surface area contributed by atoms with Crippen LogP contribution in [0.5, 0.6) is 0 Å². The van der Waals surface area contributed by atoms with E-state index in [4.69, 9.17) is 11.3 Å². The van der Waals surface area contributed by atoms with Gasteiger partial charge in [-0.25, -0.2) is 5.84 Å². The third kappa shape index (κ3) is 1.99. The first-order valence-corrected chi connectivity index (χ1v) is 3.53. The Labute approximate surface area is 77.4 Å². The second-order valence-electron chi connectivity index (χ2n) is 2.44. The maximum absolute atomic E-state index is 12.4. The Bertz CT molecular complexity index is 347. The molecule has 0 spiro atoms. The molecule has 7 heteroatoms. The van der Waals surface area contributed by atoms with E-state index in [0.29, 0.717) is 0 Å². The largest absolute Gasteiger partial charge is 0.417 e. The molecule has 1 aromatic heterocycles. The summed E-state index contributed by atoms with van der Waals surface area (Å²) in [6, 6.07) is 0.793. The summed E-state index contributed by atoms with van der Waals surface area (Å²) in [6.07, 6.45) is -2.57. The molecule has 0 aliphatic rings. The van der Waals surface area contributed by atoms with Crippen molar-refractivity contribution in [2.45, 2.75) is 6.18 Å². The van der Waals surface area contributed by atoms with E-state index in [-0.39, 0.29) is 5.56 Å². The number of nitrogens with one attached hydrogen (secondary N) is 2. The molecule has 0 amide bonds. The number of hydrogen-bond donors (Lipinski definition) is 3. The van der Waals surface area contributed by atoms with E-state index < -0.39 is 17.6 Å². The van der Waals surface area contributed by atoms with Crippen molar-refractivity contribution in [3.63, 3.8) is 0 Å². The summed E-state index contributed by atoms with van der Waals surface area (Å²) in [5.41, 5.74) is 0.530. The van der Waals surface area contributed by atoms with Gasteiger partial charge in [-0.1, -0.05) is 0 Å². The van der Waals surface area contributed by atoms with Crippen LogP contribution in [-0.4, -0.2) is 10.8 Å². The summed E-state index contributed by atoms with van der Waals surface area (Å²) in [4.78, 5) is 3.49. The summed E-state index contributed by atoms with van der Waals surface area (Å²) >= 11 is 0. The monoisotopic (exact) mass is 204 g/mol. The van der Waals surface area contributed by atoms with Gasteiger partial charge < -0.3 is 5.43 Å². The zero-order valence-corrected chi connectivity index (χ0v) is 6.89. The van der Waals surface area contributed by atoms with Crippen molar-refractivity contribution >= 4 is 5.84 Å². The molecule has 0 atom stereocenters. The third-order valence-electron chi connectivity index (χ3n) is 1.54. The van der Waals surface area contributed by atoms with Gasteiger partial charge in [0.2, 0.25) is 0 Å². The smallest absolute Gasteiger partial charge is 0.308 e. The zero-order chi connectivity index (χ0) is 10.8. The summed E-state index contributed by atoms with van der Waals surface area (Å²) < 4.78 is 37.1. The number of hydrogen-bond acceptors (Lipinski definition) is 3. The van der Waals surface area contributed by atoms with Gasteiger partial charge in [0.25, 0.3) is 0 Å². The minimum atomic E-state index is -4.51. The molecule has 4 N–H and O–H groups in total. The highest BCUT2D eigenvalue weighted by Gasteiger charge is 2.34. The van der Waals surface area contributed by atoms with Crippen LogP contribution in [0.15, 0.2) is 18.5 Å². The number of aromatic nitrogens is 1. The van der Waals surface area contributed by atoms with Crippen molar-refractivity contribution in [2.75, 3.05) is 0 Å². The Morgan fingerprint density at radius 2 is 2.14 bits per heavy atom. The fraction of sp³-hybridized carbons (Fsp3) is 0.143. The lowest BCUT2D eigenvalue weighted by atomic mass is 10.1. The van der Waals surface area contributed by atoms with Crippen LogP contribution in [0.2, 0.25) is 0 Å². The summed E-state index contributed by atoms with van der Waals surface area (Å²) in [7, 11) is 0.